The molecule has 0 aromatic heterocycles. The van der Waals surface area contributed by atoms with Crippen LogP contribution in [0.5, 0.6) is 5.75 Å². The number of hydrogen-bond donors (Lipinski definition) is 0. The van der Waals surface area contributed by atoms with E-state index in [1.165, 1.54) is 5.56 Å². The van der Waals surface area contributed by atoms with Crippen molar-refractivity contribution in [2.24, 2.45) is 0 Å². The SMILES string of the molecule is CCCC(C)c1ccc(C#N)cc1OC. The predicted molar refractivity (Wildman–Crippen MR) is 61.0 cm³/mol. The standard InChI is InChI=1S/C13H17NO/c1-4-5-10(2)12-7-6-11(9-14)8-13(12)15-3/h6-8,10H,4-5H2,1-3H3. The van der Waals surface area contributed by atoms with Crippen molar-refractivity contribution in [2.75, 3.05) is 7.11 Å². The first-order chi connectivity index (χ1) is 7.22. The minimum absolute atomic E-state index is 0.484. The Morgan fingerprint density at radius 1 is 1.47 bits per heavy atom. The van der Waals surface area contributed by atoms with Gasteiger partial charge >= 0.3 is 0 Å². The lowest BCUT2D eigenvalue weighted by Crippen LogP contribution is -1.98. The predicted octanol–water partition coefficient (Wildman–Crippen LogP) is 3.47. The van der Waals surface area contributed by atoms with Crippen molar-refractivity contribution in [3.63, 3.8) is 0 Å². The molecule has 0 heterocycles. The molecule has 1 atom stereocenters. The summed E-state index contributed by atoms with van der Waals surface area (Å²) in [5, 5.41) is 8.78. The summed E-state index contributed by atoms with van der Waals surface area (Å²) < 4.78 is 5.30. The molecule has 0 radical (unpaired) electrons. The van der Waals surface area contributed by atoms with Gasteiger partial charge in [-0.15, -0.1) is 0 Å². The molecule has 0 N–H and O–H groups in total. The number of hydrogen-bond acceptors (Lipinski definition) is 2. The molecule has 1 aromatic carbocycles. The molecule has 0 spiro atoms. The molecule has 2 nitrogen and oxygen atoms in total. The van der Waals surface area contributed by atoms with Gasteiger partial charge in [-0.3, -0.25) is 0 Å². The smallest absolute Gasteiger partial charge is 0.123 e. The molecule has 1 unspecified atom stereocenters. The third-order valence-electron chi connectivity index (χ3n) is 2.62. The van der Waals surface area contributed by atoms with E-state index < -0.39 is 0 Å². The van der Waals surface area contributed by atoms with Crippen LogP contribution in [0.4, 0.5) is 0 Å². The monoisotopic (exact) mass is 203 g/mol. The Labute approximate surface area is 91.5 Å². The molecule has 0 amide bonds. The third kappa shape index (κ3) is 2.73. The van der Waals surface area contributed by atoms with Crippen LogP contribution in [-0.2, 0) is 0 Å². The van der Waals surface area contributed by atoms with Crippen molar-refractivity contribution in [1.29, 1.82) is 5.26 Å². The lowest BCUT2D eigenvalue weighted by molar-refractivity contribution is 0.405. The van der Waals surface area contributed by atoms with E-state index in [2.05, 4.69) is 19.9 Å². The summed E-state index contributed by atoms with van der Waals surface area (Å²) in [5.41, 5.74) is 1.85. The van der Waals surface area contributed by atoms with Gasteiger partial charge in [0.1, 0.15) is 5.75 Å². The van der Waals surface area contributed by atoms with Crippen LogP contribution in [0.1, 0.15) is 43.7 Å². The summed E-state index contributed by atoms with van der Waals surface area (Å²) >= 11 is 0. The van der Waals surface area contributed by atoms with Crippen LogP contribution in [0.2, 0.25) is 0 Å². The van der Waals surface area contributed by atoms with Gasteiger partial charge < -0.3 is 4.74 Å². The molecule has 80 valence electrons. The summed E-state index contributed by atoms with van der Waals surface area (Å²) in [6, 6.07) is 7.78. The first-order valence-corrected chi connectivity index (χ1v) is 5.31. The van der Waals surface area contributed by atoms with Crippen molar-refractivity contribution >= 4 is 0 Å². The average Bonchev–Trinajstić information content (AvgIpc) is 2.28. The van der Waals surface area contributed by atoms with Crippen molar-refractivity contribution in [3.05, 3.63) is 29.3 Å². The van der Waals surface area contributed by atoms with Gasteiger partial charge in [-0.2, -0.15) is 5.26 Å². The van der Waals surface area contributed by atoms with Gasteiger partial charge in [0.05, 0.1) is 18.7 Å². The Balaban J connectivity index is 3.03. The van der Waals surface area contributed by atoms with Gasteiger partial charge in [0, 0.05) is 0 Å². The fourth-order valence-corrected chi connectivity index (χ4v) is 1.78. The summed E-state index contributed by atoms with van der Waals surface area (Å²) in [5.74, 6) is 1.31. The van der Waals surface area contributed by atoms with E-state index in [4.69, 9.17) is 10.00 Å². The molecule has 1 aromatic rings. The maximum Gasteiger partial charge on any atom is 0.123 e. The van der Waals surface area contributed by atoms with Crippen LogP contribution in [-0.4, -0.2) is 7.11 Å². The molecular formula is C13H17NO. The maximum atomic E-state index is 8.78. The van der Waals surface area contributed by atoms with Crippen LogP contribution in [0.25, 0.3) is 0 Å². The van der Waals surface area contributed by atoms with E-state index in [0.29, 0.717) is 11.5 Å². The molecule has 0 saturated carbocycles. The van der Waals surface area contributed by atoms with E-state index >= 15 is 0 Å². The van der Waals surface area contributed by atoms with Gasteiger partial charge in [-0.05, 0) is 30.0 Å². The Morgan fingerprint density at radius 3 is 2.73 bits per heavy atom. The zero-order valence-electron chi connectivity index (χ0n) is 9.58. The van der Waals surface area contributed by atoms with Gasteiger partial charge in [0.25, 0.3) is 0 Å². The van der Waals surface area contributed by atoms with Gasteiger partial charge in [-0.25, -0.2) is 0 Å². The number of benzene rings is 1. The lowest BCUT2D eigenvalue weighted by Gasteiger charge is -2.14. The van der Waals surface area contributed by atoms with Crippen molar-refractivity contribution in [2.45, 2.75) is 32.6 Å². The largest absolute Gasteiger partial charge is 0.496 e. The summed E-state index contributed by atoms with van der Waals surface area (Å²) in [4.78, 5) is 0. The first kappa shape index (κ1) is 11.6. The van der Waals surface area contributed by atoms with Crippen LogP contribution >= 0.6 is 0 Å². The van der Waals surface area contributed by atoms with Crippen LogP contribution in [0.15, 0.2) is 18.2 Å². The quantitative estimate of drug-likeness (QED) is 0.750. The number of nitriles is 1. The molecule has 0 aliphatic heterocycles. The van der Waals surface area contributed by atoms with Crippen LogP contribution in [0, 0.1) is 11.3 Å². The van der Waals surface area contributed by atoms with E-state index in [-0.39, 0.29) is 0 Å². The molecular weight excluding hydrogens is 186 g/mol. The second-order valence-electron chi connectivity index (χ2n) is 3.76. The normalized spacial score (nSPS) is 11.9. The molecule has 0 aliphatic rings. The molecule has 2 heteroatoms. The van der Waals surface area contributed by atoms with Gasteiger partial charge in [0.15, 0.2) is 0 Å². The van der Waals surface area contributed by atoms with E-state index in [9.17, 15) is 0 Å². The Kier molecular flexibility index (Phi) is 4.17. The Hall–Kier alpha value is -1.49. The average molecular weight is 203 g/mol. The molecule has 0 fully saturated rings. The number of nitrogens with zero attached hydrogens (tertiary/aromatic N) is 1. The highest BCUT2D eigenvalue weighted by molar-refractivity contribution is 5.43. The highest BCUT2D eigenvalue weighted by atomic mass is 16.5. The van der Waals surface area contributed by atoms with Gasteiger partial charge in [0.2, 0.25) is 0 Å². The van der Waals surface area contributed by atoms with Crippen molar-refractivity contribution in [3.8, 4) is 11.8 Å². The summed E-state index contributed by atoms with van der Waals surface area (Å²) in [7, 11) is 1.65. The highest BCUT2D eigenvalue weighted by Gasteiger charge is 2.10. The van der Waals surface area contributed by atoms with Crippen LogP contribution < -0.4 is 4.74 Å². The molecule has 0 aliphatic carbocycles. The summed E-state index contributed by atoms with van der Waals surface area (Å²) in [6.45, 7) is 4.36. The summed E-state index contributed by atoms with van der Waals surface area (Å²) in [6.07, 6.45) is 2.30. The topological polar surface area (TPSA) is 33.0 Å². The Bertz CT molecular complexity index is 365. The number of rotatable bonds is 4. The van der Waals surface area contributed by atoms with Crippen molar-refractivity contribution < 1.29 is 4.74 Å². The zero-order chi connectivity index (χ0) is 11.3. The molecule has 1 rings (SSSR count). The third-order valence-corrected chi connectivity index (χ3v) is 2.62. The second-order valence-corrected chi connectivity index (χ2v) is 3.76. The van der Waals surface area contributed by atoms with Crippen molar-refractivity contribution in [1.82, 2.24) is 0 Å². The maximum absolute atomic E-state index is 8.78. The van der Waals surface area contributed by atoms with Crippen LogP contribution in [0.3, 0.4) is 0 Å². The van der Waals surface area contributed by atoms with E-state index in [1.807, 2.05) is 18.2 Å². The molecule has 0 bridgehead atoms. The first-order valence-electron chi connectivity index (χ1n) is 5.31. The second kappa shape index (κ2) is 5.41. The lowest BCUT2D eigenvalue weighted by atomic mass is 9.95. The van der Waals surface area contributed by atoms with Gasteiger partial charge in [-0.1, -0.05) is 26.3 Å². The molecule has 0 saturated heterocycles. The fourth-order valence-electron chi connectivity index (χ4n) is 1.78. The Morgan fingerprint density at radius 2 is 2.20 bits per heavy atom. The highest BCUT2D eigenvalue weighted by Crippen LogP contribution is 2.30. The zero-order valence-corrected chi connectivity index (χ0v) is 9.58. The minimum atomic E-state index is 0.484. The van der Waals surface area contributed by atoms with E-state index in [0.717, 1.165) is 18.6 Å². The fraction of sp³-hybridized carbons (Fsp3) is 0.462. The molecule has 15 heavy (non-hydrogen) atoms. The number of methoxy groups -OCH3 is 1. The van der Waals surface area contributed by atoms with E-state index in [1.54, 1.807) is 7.11 Å². The number of ether oxygens (including phenoxy) is 1. The minimum Gasteiger partial charge on any atom is -0.496 e.